The standard InChI is InChI=1S/C14H17ClN2/c1-2-17(13-5-3-4-6-13)14-9-12(15)8-7-11(14)10-16/h7-9,13H,2-6H2,1H3. The molecule has 0 unspecified atom stereocenters. The van der Waals surface area contributed by atoms with E-state index < -0.39 is 0 Å². The van der Waals surface area contributed by atoms with E-state index >= 15 is 0 Å². The molecule has 0 spiro atoms. The third-order valence-electron chi connectivity index (χ3n) is 3.50. The monoisotopic (exact) mass is 248 g/mol. The third kappa shape index (κ3) is 2.56. The maximum atomic E-state index is 9.18. The van der Waals surface area contributed by atoms with Crippen LogP contribution in [0.3, 0.4) is 0 Å². The Hall–Kier alpha value is -1.20. The average molecular weight is 249 g/mol. The van der Waals surface area contributed by atoms with Crippen molar-refractivity contribution < 1.29 is 0 Å². The van der Waals surface area contributed by atoms with Crippen LogP contribution in [0.4, 0.5) is 5.69 Å². The second kappa shape index (κ2) is 5.42. The van der Waals surface area contributed by atoms with Crippen molar-refractivity contribution in [2.45, 2.75) is 38.6 Å². The normalized spacial score (nSPS) is 15.8. The molecule has 0 radical (unpaired) electrons. The number of nitriles is 1. The summed E-state index contributed by atoms with van der Waals surface area (Å²) in [5.74, 6) is 0. The first-order chi connectivity index (χ1) is 8.26. The fraction of sp³-hybridized carbons (Fsp3) is 0.500. The number of nitrogens with zero attached hydrogens (tertiary/aromatic N) is 2. The van der Waals surface area contributed by atoms with Crippen molar-refractivity contribution in [2.24, 2.45) is 0 Å². The van der Waals surface area contributed by atoms with Crippen LogP contribution in [0.25, 0.3) is 0 Å². The molecule has 1 aromatic rings. The molecule has 17 heavy (non-hydrogen) atoms. The van der Waals surface area contributed by atoms with Crippen LogP contribution in [0.5, 0.6) is 0 Å². The Bertz CT molecular complexity index is 430. The van der Waals surface area contributed by atoms with E-state index in [1.807, 2.05) is 12.1 Å². The van der Waals surface area contributed by atoms with Gasteiger partial charge >= 0.3 is 0 Å². The van der Waals surface area contributed by atoms with E-state index in [-0.39, 0.29) is 0 Å². The van der Waals surface area contributed by atoms with Crippen molar-refractivity contribution in [2.75, 3.05) is 11.4 Å². The predicted octanol–water partition coefficient (Wildman–Crippen LogP) is 3.98. The van der Waals surface area contributed by atoms with Gasteiger partial charge in [0.15, 0.2) is 0 Å². The molecule has 0 aromatic heterocycles. The lowest BCUT2D eigenvalue weighted by Crippen LogP contribution is -2.33. The highest BCUT2D eigenvalue weighted by Crippen LogP contribution is 2.31. The quantitative estimate of drug-likeness (QED) is 0.809. The lowest BCUT2D eigenvalue weighted by molar-refractivity contribution is 0.619. The molecule has 0 N–H and O–H groups in total. The van der Waals surface area contributed by atoms with E-state index in [9.17, 15) is 5.26 Å². The maximum absolute atomic E-state index is 9.18. The molecule has 90 valence electrons. The van der Waals surface area contributed by atoms with Crippen LogP contribution < -0.4 is 4.90 Å². The van der Waals surface area contributed by atoms with Gasteiger partial charge in [0.05, 0.1) is 11.3 Å². The van der Waals surface area contributed by atoms with Crippen LogP contribution in [-0.2, 0) is 0 Å². The lowest BCUT2D eigenvalue weighted by atomic mass is 10.1. The van der Waals surface area contributed by atoms with Crippen LogP contribution in [0, 0.1) is 11.3 Å². The fourth-order valence-corrected chi connectivity index (χ4v) is 2.84. The predicted molar refractivity (Wildman–Crippen MR) is 71.4 cm³/mol. The molecule has 0 amide bonds. The largest absolute Gasteiger partial charge is 0.368 e. The zero-order chi connectivity index (χ0) is 12.3. The molecule has 1 fully saturated rings. The SMILES string of the molecule is CCN(c1cc(Cl)ccc1C#N)C1CCCC1. The Morgan fingerprint density at radius 1 is 1.41 bits per heavy atom. The van der Waals surface area contributed by atoms with Crippen LogP contribution in [0.15, 0.2) is 18.2 Å². The number of halogens is 1. The zero-order valence-corrected chi connectivity index (χ0v) is 10.9. The maximum Gasteiger partial charge on any atom is 0.101 e. The number of anilines is 1. The van der Waals surface area contributed by atoms with Gasteiger partial charge in [-0.3, -0.25) is 0 Å². The summed E-state index contributed by atoms with van der Waals surface area (Å²) >= 11 is 6.05. The molecule has 0 aliphatic heterocycles. The van der Waals surface area contributed by atoms with Gasteiger partial charge in [-0.2, -0.15) is 5.26 Å². The second-order valence-corrected chi connectivity index (χ2v) is 4.93. The Labute approximate surface area is 108 Å². The highest BCUT2D eigenvalue weighted by atomic mass is 35.5. The highest BCUT2D eigenvalue weighted by molar-refractivity contribution is 6.30. The summed E-state index contributed by atoms with van der Waals surface area (Å²) in [6.45, 7) is 3.07. The Morgan fingerprint density at radius 3 is 2.71 bits per heavy atom. The minimum absolute atomic E-state index is 0.575. The van der Waals surface area contributed by atoms with Gasteiger partial charge in [0.25, 0.3) is 0 Å². The van der Waals surface area contributed by atoms with E-state index in [0.717, 1.165) is 17.8 Å². The lowest BCUT2D eigenvalue weighted by Gasteiger charge is -2.30. The first-order valence-corrected chi connectivity index (χ1v) is 6.60. The van der Waals surface area contributed by atoms with Gasteiger partial charge in [-0.05, 0) is 38.0 Å². The van der Waals surface area contributed by atoms with Crippen molar-refractivity contribution in [3.8, 4) is 6.07 Å². The minimum Gasteiger partial charge on any atom is -0.368 e. The van der Waals surface area contributed by atoms with Crippen molar-refractivity contribution in [1.29, 1.82) is 5.26 Å². The molecule has 2 nitrogen and oxygen atoms in total. The van der Waals surface area contributed by atoms with E-state index in [0.29, 0.717) is 11.1 Å². The summed E-state index contributed by atoms with van der Waals surface area (Å²) in [7, 11) is 0. The molecule has 2 rings (SSSR count). The van der Waals surface area contributed by atoms with E-state index in [1.54, 1.807) is 6.07 Å². The average Bonchev–Trinajstić information content (AvgIpc) is 2.84. The van der Waals surface area contributed by atoms with Crippen molar-refractivity contribution in [3.05, 3.63) is 28.8 Å². The molecule has 3 heteroatoms. The van der Waals surface area contributed by atoms with E-state index in [4.69, 9.17) is 11.6 Å². The van der Waals surface area contributed by atoms with Gasteiger partial charge in [0, 0.05) is 17.6 Å². The Morgan fingerprint density at radius 2 is 2.12 bits per heavy atom. The van der Waals surface area contributed by atoms with Gasteiger partial charge < -0.3 is 4.90 Å². The van der Waals surface area contributed by atoms with Crippen LogP contribution in [0.1, 0.15) is 38.2 Å². The molecule has 0 heterocycles. The van der Waals surface area contributed by atoms with Crippen molar-refractivity contribution in [3.63, 3.8) is 0 Å². The molecule has 1 saturated carbocycles. The van der Waals surface area contributed by atoms with Gasteiger partial charge in [-0.25, -0.2) is 0 Å². The van der Waals surface area contributed by atoms with E-state index in [1.165, 1.54) is 25.7 Å². The third-order valence-corrected chi connectivity index (χ3v) is 3.73. The number of rotatable bonds is 3. The van der Waals surface area contributed by atoms with Crippen LogP contribution in [0.2, 0.25) is 5.02 Å². The summed E-state index contributed by atoms with van der Waals surface area (Å²) in [5.41, 5.74) is 1.72. The first-order valence-electron chi connectivity index (χ1n) is 6.22. The second-order valence-electron chi connectivity index (χ2n) is 4.50. The molecule has 0 saturated heterocycles. The van der Waals surface area contributed by atoms with Crippen molar-refractivity contribution in [1.82, 2.24) is 0 Å². The molecule has 0 atom stereocenters. The fourth-order valence-electron chi connectivity index (χ4n) is 2.68. The summed E-state index contributed by atoms with van der Waals surface area (Å²) in [5, 5.41) is 9.88. The highest BCUT2D eigenvalue weighted by Gasteiger charge is 2.23. The van der Waals surface area contributed by atoms with Gasteiger partial charge in [0.1, 0.15) is 6.07 Å². The van der Waals surface area contributed by atoms with Gasteiger partial charge in [-0.1, -0.05) is 24.4 Å². The first kappa shape index (κ1) is 12.3. The van der Waals surface area contributed by atoms with E-state index in [2.05, 4.69) is 17.9 Å². The van der Waals surface area contributed by atoms with Crippen LogP contribution >= 0.6 is 11.6 Å². The number of benzene rings is 1. The minimum atomic E-state index is 0.575. The molecular weight excluding hydrogens is 232 g/mol. The zero-order valence-electron chi connectivity index (χ0n) is 10.1. The Balaban J connectivity index is 2.35. The Kier molecular flexibility index (Phi) is 3.91. The molecular formula is C14H17ClN2. The van der Waals surface area contributed by atoms with Crippen molar-refractivity contribution >= 4 is 17.3 Å². The summed E-state index contributed by atoms with van der Waals surface area (Å²) in [4.78, 5) is 2.33. The summed E-state index contributed by atoms with van der Waals surface area (Å²) in [6.07, 6.45) is 5.05. The molecule has 1 aliphatic carbocycles. The smallest absolute Gasteiger partial charge is 0.101 e. The number of hydrogen-bond donors (Lipinski definition) is 0. The van der Waals surface area contributed by atoms with Gasteiger partial charge in [0.2, 0.25) is 0 Å². The molecule has 1 aliphatic rings. The molecule has 0 bridgehead atoms. The summed E-state index contributed by atoms with van der Waals surface area (Å²) < 4.78 is 0. The number of hydrogen-bond acceptors (Lipinski definition) is 2. The topological polar surface area (TPSA) is 27.0 Å². The summed E-state index contributed by atoms with van der Waals surface area (Å²) in [6, 6.07) is 8.35. The van der Waals surface area contributed by atoms with Gasteiger partial charge in [-0.15, -0.1) is 0 Å². The molecule has 1 aromatic carbocycles. The van der Waals surface area contributed by atoms with Crippen LogP contribution in [-0.4, -0.2) is 12.6 Å².